The second-order valence-corrected chi connectivity index (χ2v) is 6.27. The van der Waals surface area contributed by atoms with Crippen molar-refractivity contribution in [2.24, 2.45) is 4.99 Å². The van der Waals surface area contributed by atoms with Gasteiger partial charge in [0.2, 0.25) is 6.04 Å². The van der Waals surface area contributed by atoms with E-state index in [0.717, 1.165) is 11.1 Å². The SMILES string of the molecule is CC(C)(C)OC(=O)C(C#N)N=C(c1ccccc1)c1ccccc1. The Morgan fingerprint density at radius 1 is 1.00 bits per heavy atom. The van der Waals surface area contributed by atoms with Gasteiger partial charge < -0.3 is 4.74 Å². The molecule has 0 N–H and O–H groups in total. The molecule has 0 aliphatic heterocycles. The van der Waals surface area contributed by atoms with Gasteiger partial charge in [0.15, 0.2) is 0 Å². The van der Waals surface area contributed by atoms with Crippen LogP contribution in [-0.2, 0) is 9.53 Å². The topological polar surface area (TPSA) is 62.5 Å². The smallest absolute Gasteiger partial charge is 0.346 e. The molecular formula is C20H20N2O2. The predicted octanol–water partition coefficient (Wildman–Crippen LogP) is 3.76. The Bertz CT molecular complexity index is 712. The summed E-state index contributed by atoms with van der Waals surface area (Å²) in [4.78, 5) is 16.6. The van der Waals surface area contributed by atoms with Crippen LogP contribution in [0.4, 0.5) is 0 Å². The fraction of sp³-hybridized carbons (Fsp3) is 0.250. The maximum Gasteiger partial charge on any atom is 0.346 e. The summed E-state index contributed by atoms with van der Waals surface area (Å²) < 4.78 is 5.29. The number of hydrogen-bond acceptors (Lipinski definition) is 4. The lowest BCUT2D eigenvalue weighted by Crippen LogP contribution is -2.31. The van der Waals surface area contributed by atoms with Crippen LogP contribution < -0.4 is 0 Å². The van der Waals surface area contributed by atoms with Crippen LogP contribution in [0, 0.1) is 11.3 Å². The van der Waals surface area contributed by atoms with E-state index in [1.165, 1.54) is 0 Å². The van der Waals surface area contributed by atoms with Gasteiger partial charge in [0, 0.05) is 11.1 Å². The second kappa shape index (κ2) is 7.56. The number of aliphatic imine (C=N–C) groups is 1. The minimum absolute atomic E-state index is 0.591. The molecule has 0 bridgehead atoms. The molecule has 0 saturated carbocycles. The molecule has 2 aromatic rings. The first-order valence-corrected chi connectivity index (χ1v) is 7.72. The lowest BCUT2D eigenvalue weighted by atomic mass is 10.0. The van der Waals surface area contributed by atoms with Gasteiger partial charge in [-0.3, -0.25) is 4.99 Å². The Hall–Kier alpha value is -2.93. The number of ether oxygens (including phenoxy) is 1. The van der Waals surface area contributed by atoms with E-state index in [9.17, 15) is 10.1 Å². The quantitative estimate of drug-likeness (QED) is 0.636. The minimum Gasteiger partial charge on any atom is -0.458 e. The molecule has 2 rings (SSSR count). The van der Waals surface area contributed by atoms with E-state index in [-0.39, 0.29) is 0 Å². The average molecular weight is 320 g/mol. The van der Waals surface area contributed by atoms with Crippen molar-refractivity contribution >= 4 is 11.7 Å². The normalized spacial score (nSPS) is 11.9. The van der Waals surface area contributed by atoms with Crippen molar-refractivity contribution in [3.63, 3.8) is 0 Å². The van der Waals surface area contributed by atoms with E-state index < -0.39 is 17.6 Å². The van der Waals surface area contributed by atoms with Gasteiger partial charge in [-0.05, 0) is 20.8 Å². The molecule has 4 heteroatoms. The molecule has 4 nitrogen and oxygen atoms in total. The third-order valence-electron chi connectivity index (χ3n) is 3.10. The van der Waals surface area contributed by atoms with E-state index in [2.05, 4.69) is 4.99 Å². The molecule has 1 unspecified atom stereocenters. The Morgan fingerprint density at radius 2 is 1.46 bits per heavy atom. The highest BCUT2D eigenvalue weighted by Gasteiger charge is 2.25. The molecule has 24 heavy (non-hydrogen) atoms. The fourth-order valence-corrected chi connectivity index (χ4v) is 2.13. The van der Waals surface area contributed by atoms with E-state index in [1.54, 1.807) is 20.8 Å². The van der Waals surface area contributed by atoms with Crippen LogP contribution in [0.2, 0.25) is 0 Å². The van der Waals surface area contributed by atoms with Crippen LogP contribution in [0.25, 0.3) is 0 Å². The van der Waals surface area contributed by atoms with Gasteiger partial charge >= 0.3 is 5.97 Å². The van der Waals surface area contributed by atoms with Crippen molar-refractivity contribution < 1.29 is 9.53 Å². The Labute approximate surface area is 142 Å². The highest BCUT2D eigenvalue weighted by Crippen LogP contribution is 2.14. The number of carbonyl (C=O) groups is 1. The van der Waals surface area contributed by atoms with Crippen LogP contribution in [0.3, 0.4) is 0 Å². The molecule has 1 atom stereocenters. The maximum absolute atomic E-state index is 12.2. The van der Waals surface area contributed by atoms with Crippen molar-refractivity contribution in [2.75, 3.05) is 0 Å². The molecule has 122 valence electrons. The van der Waals surface area contributed by atoms with Gasteiger partial charge in [0.25, 0.3) is 0 Å². The lowest BCUT2D eigenvalue weighted by molar-refractivity contribution is -0.154. The van der Waals surface area contributed by atoms with E-state index in [4.69, 9.17) is 4.74 Å². The number of benzene rings is 2. The number of nitriles is 1. The third-order valence-corrected chi connectivity index (χ3v) is 3.10. The first-order valence-electron chi connectivity index (χ1n) is 7.72. The van der Waals surface area contributed by atoms with Gasteiger partial charge in [-0.1, -0.05) is 60.7 Å². The number of hydrogen-bond donors (Lipinski definition) is 0. The Balaban J connectivity index is 2.44. The van der Waals surface area contributed by atoms with Gasteiger partial charge in [0.1, 0.15) is 11.7 Å². The maximum atomic E-state index is 12.2. The highest BCUT2D eigenvalue weighted by molar-refractivity contribution is 6.13. The third kappa shape index (κ3) is 4.79. The van der Waals surface area contributed by atoms with Gasteiger partial charge in [-0.15, -0.1) is 0 Å². The summed E-state index contributed by atoms with van der Waals surface area (Å²) in [6.07, 6.45) is 0. The molecule has 0 aliphatic carbocycles. The minimum atomic E-state index is -1.21. The summed E-state index contributed by atoms with van der Waals surface area (Å²) in [6, 6.07) is 19.7. The number of carbonyl (C=O) groups excluding carboxylic acids is 1. The zero-order valence-electron chi connectivity index (χ0n) is 14.1. The van der Waals surface area contributed by atoms with Crippen molar-refractivity contribution in [3.05, 3.63) is 71.8 Å². The summed E-state index contributed by atoms with van der Waals surface area (Å²) in [7, 11) is 0. The predicted molar refractivity (Wildman–Crippen MR) is 93.8 cm³/mol. The summed E-state index contributed by atoms with van der Waals surface area (Å²) in [6.45, 7) is 5.29. The first kappa shape index (κ1) is 17.4. The largest absolute Gasteiger partial charge is 0.458 e. The molecule has 0 heterocycles. The molecule has 0 fully saturated rings. The molecule has 0 radical (unpaired) electrons. The number of rotatable bonds is 4. The van der Waals surface area contributed by atoms with Crippen LogP contribution in [0.1, 0.15) is 31.9 Å². The molecular weight excluding hydrogens is 300 g/mol. The summed E-state index contributed by atoms with van der Waals surface area (Å²) >= 11 is 0. The zero-order chi connectivity index (χ0) is 17.6. The van der Waals surface area contributed by atoms with E-state index >= 15 is 0 Å². The molecule has 0 amide bonds. The number of esters is 1. The van der Waals surface area contributed by atoms with Crippen molar-refractivity contribution in [2.45, 2.75) is 32.4 Å². The molecule has 0 spiro atoms. The molecule has 2 aromatic carbocycles. The molecule has 0 aliphatic rings. The average Bonchev–Trinajstić information content (AvgIpc) is 2.56. The van der Waals surface area contributed by atoms with Crippen LogP contribution >= 0.6 is 0 Å². The number of nitrogens with zero attached hydrogens (tertiary/aromatic N) is 2. The molecule has 0 aromatic heterocycles. The highest BCUT2D eigenvalue weighted by atomic mass is 16.6. The van der Waals surface area contributed by atoms with Gasteiger partial charge in [-0.25, -0.2) is 4.79 Å². The summed E-state index contributed by atoms with van der Waals surface area (Å²) in [5.74, 6) is -0.644. The van der Waals surface area contributed by atoms with Gasteiger partial charge in [-0.2, -0.15) is 5.26 Å². The Morgan fingerprint density at radius 3 is 1.83 bits per heavy atom. The van der Waals surface area contributed by atoms with Crippen LogP contribution in [0.15, 0.2) is 65.7 Å². The monoisotopic (exact) mass is 320 g/mol. The van der Waals surface area contributed by atoms with Crippen molar-refractivity contribution in [3.8, 4) is 6.07 Å². The van der Waals surface area contributed by atoms with E-state index in [0.29, 0.717) is 5.71 Å². The van der Waals surface area contributed by atoms with Crippen LogP contribution in [0.5, 0.6) is 0 Å². The van der Waals surface area contributed by atoms with Gasteiger partial charge in [0.05, 0.1) is 5.71 Å². The lowest BCUT2D eigenvalue weighted by Gasteiger charge is -2.20. The summed E-state index contributed by atoms with van der Waals surface area (Å²) in [5, 5.41) is 9.38. The fourth-order valence-electron chi connectivity index (χ4n) is 2.13. The first-order chi connectivity index (χ1) is 11.4. The van der Waals surface area contributed by atoms with Crippen molar-refractivity contribution in [1.82, 2.24) is 0 Å². The van der Waals surface area contributed by atoms with E-state index in [1.807, 2.05) is 66.7 Å². The molecule has 0 saturated heterocycles. The Kier molecular flexibility index (Phi) is 5.49. The van der Waals surface area contributed by atoms with Crippen LogP contribution in [-0.4, -0.2) is 23.3 Å². The second-order valence-electron chi connectivity index (χ2n) is 6.27. The van der Waals surface area contributed by atoms with Crippen molar-refractivity contribution in [1.29, 1.82) is 5.26 Å². The summed E-state index contributed by atoms with van der Waals surface area (Å²) in [5.41, 5.74) is 1.61. The zero-order valence-corrected chi connectivity index (χ0v) is 14.1. The standard InChI is InChI=1S/C20H20N2O2/c1-20(2,3)24-19(23)17(14-21)22-18(15-10-6-4-7-11-15)16-12-8-5-9-13-16/h4-13,17H,1-3H3.